The number of nitrogens with one attached hydrogen (secondary N) is 2. The SMILES string of the molecule is Cc1cc2ccc(NC(=O)c3ccccc3)cc2[nH]c1=O. The first-order chi connectivity index (χ1) is 10.1. The molecule has 0 unspecified atom stereocenters. The van der Waals surface area contributed by atoms with Crippen LogP contribution in [0.5, 0.6) is 0 Å². The molecule has 1 amide bonds. The van der Waals surface area contributed by atoms with Crippen LogP contribution in [0.1, 0.15) is 15.9 Å². The molecular formula is C17H14N2O2. The minimum atomic E-state index is -0.176. The van der Waals surface area contributed by atoms with Crippen LogP contribution in [0.15, 0.2) is 59.4 Å². The van der Waals surface area contributed by atoms with Crippen molar-refractivity contribution in [3.63, 3.8) is 0 Å². The fourth-order valence-corrected chi connectivity index (χ4v) is 2.18. The Bertz CT molecular complexity index is 867. The molecule has 104 valence electrons. The summed E-state index contributed by atoms with van der Waals surface area (Å²) in [6.45, 7) is 1.77. The second-order valence-electron chi connectivity index (χ2n) is 4.90. The maximum Gasteiger partial charge on any atom is 0.255 e. The first-order valence-electron chi connectivity index (χ1n) is 6.63. The summed E-state index contributed by atoms with van der Waals surface area (Å²) >= 11 is 0. The van der Waals surface area contributed by atoms with Gasteiger partial charge in [-0.15, -0.1) is 0 Å². The van der Waals surface area contributed by atoms with Gasteiger partial charge in [0.05, 0.1) is 5.52 Å². The number of H-pyrrole nitrogens is 1. The van der Waals surface area contributed by atoms with Crippen LogP contribution in [-0.4, -0.2) is 10.9 Å². The summed E-state index contributed by atoms with van der Waals surface area (Å²) in [6, 6.07) is 16.3. The lowest BCUT2D eigenvalue weighted by Crippen LogP contribution is -2.12. The molecule has 0 saturated carbocycles. The van der Waals surface area contributed by atoms with Gasteiger partial charge in [0.15, 0.2) is 0 Å². The maximum absolute atomic E-state index is 12.1. The zero-order valence-electron chi connectivity index (χ0n) is 11.5. The molecule has 3 aromatic rings. The van der Waals surface area contributed by atoms with Gasteiger partial charge >= 0.3 is 0 Å². The summed E-state index contributed by atoms with van der Waals surface area (Å²) in [5.41, 5.74) is 2.50. The normalized spacial score (nSPS) is 10.5. The molecule has 0 aliphatic rings. The molecule has 0 saturated heterocycles. The summed E-state index contributed by atoms with van der Waals surface area (Å²) < 4.78 is 0. The van der Waals surface area contributed by atoms with E-state index in [2.05, 4.69) is 10.3 Å². The number of aromatic nitrogens is 1. The lowest BCUT2D eigenvalue weighted by atomic mass is 10.1. The topological polar surface area (TPSA) is 62.0 Å². The molecule has 2 N–H and O–H groups in total. The Morgan fingerprint density at radius 3 is 2.57 bits per heavy atom. The first kappa shape index (κ1) is 13.1. The van der Waals surface area contributed by atoms with Gasteiger partial charge in [-0.25, -0.2) is 0 Å². The van der Waals surface area contributed by atoms with Crippen molar-refractivity contribution >= 4 is 22.5 Å². The molecular weight excluding hydrogens is 264 g/mol. The zero-order valence-corrected chi connectivity index (χ0v) is 11.5. The molecule has 21 heavy (non-hydrogen) atoms. The van der Waals surface area contributed by atoms with E-state index in [-0.39, 0.29) is 11.5 Å². The number of carbonyl (C=O) groups excluding carboxylic acids is 1. The van der Waals surface area contributed by atoms with E-state index in [1.807, 2.05) is 36.4 Å². The highest BCUT2D eigenvalue weighted by molar-refractivity contribution is 6.05. The number of benzene rings is 2. The molecule has 0 aliphatic carbocycles. The highest BCUT2D eigenvalue weighted by Gasteiger charge is 2.06. The van der Waals surface area contributed by atoms with Crippen LogP contribution in [0, 0.1) is 6.92 Å². The third-order valence-corrected chi connectivity index (χ3v) is 3.33. The highest BCUT2D eigenvalue weighted by atomic mass is 16.1. The number of fused-ring (bicyclic) bond motifs is 1. The Balaban J connectivity index is 1.93. The third-order valence-electron chi connectivity index (χ3n) is 3.33. The highest BCUT2D eigenvalue weighted by Crippen LogP contribution is 2.17. The van der Waals surface area contributed by atoms with Crippen LogP contribution in [0.4, 0.5) is 5.69 Å². The van der Waals surface area contributed by atoms with Crippen molar-refractivity contribution in [3.8, 4) is 0 Å². The lowest BCUT2D eigenvalue weighted by Gasteiger charge is -2.07. The van der Waals surface area contributed by atoms with Crippen molar-refractivity contribution in [1.82, 2.24) is 4.98 Å². The fraction of sp³-hybridized carbons (Fsp3) is 0.0588. The summed E-state index contributed by atoms with van der Waals surface area (Å²) in [5.74, 6) is -0.176. The van der Waals surface area contributed by atoms with Crippen molar-refractivity contribution in [3.05, 3.63) is 76.1 Å². The number of aryl methyl sites for hydroxylation is 1. The fourth-order valence-electron chi connectivity index (χ4n) is 2.18. The molecule has 0 fully saturated rings. The number of anilines is 1. The van der Waals surface area contributed by atoms with Gasteiger partial charge < -0.3 is 10.3 Å². The average Bonchev–Trinajstić information content (AvgIpc) is 2.49. The van der Waals surface area contributed by atoms with Gasteiger partial charge in [-0.3, -0.25) is 9.59 Å². The van der Waals surface area contributed by atoms with Crippen LogP contribution in [0.3, 0.4) is 0 Å². The lowest BCUT2D eigenvalue weighted by molar-refractivity contribution is 0.102. The van der Waals surface area contributed by atoms with Crippen LogP contribution >= 0.6 is 0 Å². The molecule has 0 radical (unpaired) electrons. The molecule has 1 heterocycles. The molecule has 0 bridgehead atoms. The van der Waals surface area contributed by atoms with Gasteiger partial charge in [-0.05, 0) is 42.6 Å². The van der Waals surface area contributed by atoms with Crippen LogP contribution < -0.4 is 10.9 Å². The number of hydrogen-bond donors (Lipinski definition) is 2. The molecule has 3 rings (SSSR count). The van der Waals surface area contributed by atoms with Crippen LogP contribution in [0.25, 0.3) is 10.9 Å². The Kier molecular flexibility index (Phi) is 3.28. The predicted octanol–water partition coefficient (Wildman–Crippen LogP) is 3.09. The summed E-state index contributed by atoms with van der Waals surface area (Å²) in [5, 5.41) is 3.76. The number of aromatic amines is 1. The van der Waals surface area contributed by atoms with Gasteiger partial charge in [0, 0.05) is 16.8 Å². The van der Waals surface area contributed by atoms with Crippen molar-refractivity contribution in [1.29, 1.82) is 0 Å². The van der Waals surface area contributed by atoms with Gasteiger partial charge in [-0.2, -0.15) is 0 Å². The van der Waals surface area contributed by atoms with E-state index in [9.17, 15) is 9.59 Å². The standard InChI is InChI=1S/C17H14N2O2/c1-11-9-13-7-8-14(10-15(13)19-16(11)20)18-17(21)12-5-3-2-4-6-12/h2-10H,1H3,(H,18,21)(H,19,20). The van der Waals surface area contributed by atoms with E-state index in [0.29, 0.717) is 22.3 Å². The Morgan fingerprint density at radius 2 is 1.81 bits per heavy atom. The number of hydrogen-bond acceptors (Lipinski definition) is 2. The van der Waals surface area contributed by atoms with Crippen molar-refractivity contribution in [2.24, 2.45) is 0 Å². The molecule has 4 nitrogen and oxygen atoms in total. The second kappa shape index (κ2) is 5.25. The number of amides is 1. The van der Waals surface area contributed by atoms with Crippen LogP contribution in [-0.2, 0) is 0 Å². The van der Waals surface area contributed by atoms with Gasteiger partial charge in [0.25, 0.3) is 11.5 Å². The molecule has 0 atom stereocenters. The van der Waals surface area contributed by atoms with Gasteiger partial charge in [0.1, 0.15) is 0 Å². The van der Waals surface area contributed by atoms with Gasteiger partial charge in [-0.1, -0.05) is 24.3 Å². The minimum absolute atomic E-state index is 0.117. The van der Waals surface area contributed by atoms with Crippen molar-refractivity contribution < 1.29 is 4.79 Å². The predicted molar refractivity (Wildman–Crippen MR) is 83.7 cm³/mol. The number of carbonyl (C=O) groups is 1. The average molecular weight is 278 g/mol. The molecule has 1 aromatic heterocycles. The van der Waals surface area contributed by atoms with Crippen molar-refractivity contribution in [2.45, 2.75) is 6.92 Å². The van der Waals surface area contributed by atoms with Crippen molar-refractivity contribution in [2.75, 3.05) is 5.32 Å². The number of rotatable bonds is 2. The first-order valence-corrected chi connectivity index (χ1v) is 6.63. The quantitative estimate of drug-likeness (QED) is 0.756. The molecule has 4 heteroatoms. The summed E-state index contributed by atoms with van der Waals surface area (Å²) in [4.78, 5) is 26.5. The minimum Gasteiger partial charge on any atom is -0.322 e. The van der Waals surface area contributed by atoms with E-state index in [0.717, 1.165) is 5.39 Å². The van der Waals surface area contributed by atoms with E-state index in [4.69, 9.17) is 0 Å². The molecule has 2 aromatic carbocycles. The van der Waals surface area contributed by atoms with E-state index < -0.39 is 0 Å². The monoisotopic (exact) mass is 278 g/mol. The van der Waals surface area contributed by atoms with E-state index >= 15 is 0 Å². The molecule has 0 aliphatic heterocycles. The molecule has 0 spiro atoms. The number of pyridine rings is 1. The second-order valence-corrected chi connectivity index (χ2v) is 4.90. The Morgan fingerprint density at radius 1 is 1.05 bits per heavy atom. The Labute approximate surface area is 121 Å². The van der Waals surface area contributed by atoms with Gasteiger partial charge in [0.2, 0.25) is 0 Å². The third kappa shape index (κ3) is 2.69. The zero-order chi connectivity index (χ0) is 14.8. The van der Waals surface area contributed by atoms with E-state index in [1.165, 1.54) is 0 Å². The maximum atomic E-state index is 12.1. The Hall–Kier alpha value is -2.88. The summed E-state index contributed by atoms with van der Waals surface area (Å²) in [7, 11) is 0. The smallest absolute Gasteiger partial charge is 0.255 e. The summed E-state index contributed by atoms with van der Waals surface area (Å²) in [6.07, 6.45) is 0. The van der Waals surface area contributed by atoms with Crippen LogP contribution in [0.2, 0.25) is 0 Å². The van der Waals surface area contributed by atoms with E-state index in [1.54, 1.807) is 25.1 Å². The largest absolute Gasteiger partial charge is 0.322 e.